The van der Waals surface area contributed by atoms with Crippen LogP contribution in [0.5, 0.6) is 0 Å². The molecule has 0 aliphatic carbocycles. The highest BCUT2D eigenvalue weighted by atomic mass is 32.2. The lowest BCUT2D eigenvalue weighted by molar-refractivity contribution is 0.370. The fourth-order valence-electron chi connectivity index (χ4n) is 3.78. The highest BCUT2D eigenvalue weighted by molar-refractivity contribution is 7.92. The molecule has 3 aromatic carbocycles. The lowest BCUT2D eigenvalue weighted by Crippen LogP contribution is -2.28. The molecular formula is C24H24FN3O4S2. The van der Waals surface area contributed by atoms with E-state index in [-0.39, 0.29) is 17.1 Å². The summed E-state index contributed by atoms with van der Waals surface area (Å²) in [4.78, 5) is 0.130. The van der Waals surface area contributed by atoms with E-state index in [0.717, 1.165) is 4.41 Å². The van der Waals surface area contributed by atoms with Crippen LogP contribution in [0.4, 0.5) is 10.1 Å². The third-order valence-corrected chi connectivity index (χ3v) is 8.74. The van der Waals surface area contributed by atoms with Crippen LogP contribution in [0, 0.1) is 12.7 Å². The summed E-state index contributed by atoms with van der Waals surface area (Å²) in [7, 11) is -7.44. The second-order valence-electron chi connectivity index (χ2n) is 7.95. The number of hydrazone groups is 1. The van der Waals surface area contributed by atoms with Crippen LogP contribution in [0.2, 0.25) is 0 Å². The number of rotatable bonds is 7. The van der Waals surface area contributed by atoms with Gasteiger partial charge in [0.25, 0.3) is 10.0 Å². The molecular weight excluding hydrogens is 477 g/mol. The molecule has 1 N–H and O–H groups in total. The maximum atomic E-state index is 14.0. The van der Waals surface area contributed by atoms with Crippen molar-refractivity contribution in [2.75, 3.05) is 10.5 Å². The van der Waals surface area contributed by atoms with Crippen molar-refractivity contribution in [3.63, 3.8) is 0 Å². The fourth-order valence-corrected chi connectivity index (χ4v) is 6.08. The number of halogens is 1. The molecule has 1 atom stereocenters. The van der Waals surface area contributed by atoms with Crippen molar-refractivity contribution in [3.8, 4) is 0 Å². The van der Waals surface area contributed by atoms with Crippen molar-refractivity contribution in [1.82, 2.24) is 4.41 Å². The number of hydrogen-bond acceptors (Lipinski definition) is 5. The highest BCUT2D eigenvalue weighted by Gasteiger charge is 2.38. The summed E-state index contributed by atoms with van der Waals surface area (Å²) in [6, 6.07) is 18.3. The van der Waals surface area contributed by atoms with Gasteiger partial charge in [-0.1, -0.05) is 42.5 Å². The number of nitrogens with one attached hydrogen (secondary N) is 1. The van der Waals surface area contributed by atoms with Gasteiger partial charge in [0.1, 0.15) is 5.82 Å². The first-order valence-corrected chi connectivity index (χ1v) is 13.7. The van der Waals surface area contributed by atoms with Crippen molar-refractivity contribution < 1.29 is 21.2 Å². The van der Waals surface area contributed by atoms with Crippen LogP contribution >= 0.6 is 0 Å². The minimum atomic E-state index is -4.02. The molecule has 0 saturated heterocycles. The third kappa shape index (κ3) is 4.83. The summed E-state index contributed by atoms with van der Waals surface area (Å²) in [5.74, 6) is -0.519. The molecule has 4 rings (SSSR count). The molecule has 0 bridgehead atoms. The van der Waals surface area contributed by atoms with Gasteiger partial charge in [-0.3, -0.25) is 4.72 Å². The van der Waals surface area contributed by atoms with Gasteiger partial charge in [0.2, 0.25) is 10.0 Å². The standard InChI is InChI=1S/C24H24FN3O4S2/c1-3-33(29,30)27-21-13-11-18(12-14-21)22-16-23(19-8-6-9-20(25)15-19)28(26-22)34(31,32)24-10-5-4-7-17(24)2/h4-15,23,27H,3,16H2,1-2H3/t23-/m1/s1. The number of anilines is 1. The quantitative estimate of drug-likeness (QED) is 0.518. The van der Waals surface area contributed by atoms with Gasteiger partial charge in [0.15, 0.2) is 0 Å². The van der Waals surface area contributed by atoms with E-state index in [0.29, 0.717) is 28.1 Å². The average molecular weight is 502 g/mol. The second-order valence-corrected chi connectivity index (χ2v) is 11.7. The zero-order chi connectivity index (χ0) is 24.5. The number of sulfonamides is 2. The maximum absolute atomic E-state index is 14.0. The predicted molar refractivity (Wildman–Crippen MR) is 130 cm³/mol. The average Bonchev–Trinajstić information content (AvgIpc) is 3.26. The van der Waals surface area contributed by atoms with Gasteiger partial charge in [0.05, 0.1) is 22.4 Å². The molecule has 0 aromatic heterocycles. The minimum absolute atomic E-state index is 0.0531. The first-order chi connectivity index (χ1) is 16.1. The van der Waals surface area contributed by atoms with Crippen LogP contribution in [0.25, 0.3) is 0 Å². The summed E-state index contributed by atoms with van der Waals surface area (Å²) in [6.45, 7) is 3.25. The van der Waals surface area contributed by atoms with E-state index in [4.69, 9.17) is 0 Å². The monoisotopic (exact) mass is 501 g/mol. The van der Waals surface area contributed by atoms with E-state index in [1.807, 2.05) is 0 Å². The normalized spacial score (nSPS) is 16.4. The van der Waals surface area contributed by atoms with E-state index in [2.05, 4.69) is 9.82 Å². The molecule has 0 fully saturated rings. The van der Waals surface area contributed by atoms with E-state index < -0.39 is 31.9 Å². The van der Waals surface area contributed by atoms with Crippen LogP contribution < -0.4 is 4.72 Å². The zero-order valence-corrected chi connectivity index (χ0v) is 20.3. The molecule has 0 saturated carbocycles. The molecule has 1 heterocycles. The van der Waals surface area contributed by atoms with Gasteiger partial charge in [-0.25, -0.2) is 12.8 Å². The van der Waals surface area contributed by atoms with Gasteiger partial charge < -0.3 is 0 Å². The molecule has 7 nitrogen and oxygen atoms in total. The highest BCUT2D eigenvalue weighted by Crippen LogP contribution is 2.38. The van der Waals surface area contributed by atoms with E-state index in [1.54, 1.807) is 62.4 Å². The molecule has 0 amide bonds. The van der Waals surface area contributed by atoms with Gasteiger partial charge >= 0.3 is 0 Å². The van der Waals surface area contributed by atoms with Crippen LogP contribution in [0.1, 0.15) is 36.1 Å². The lowest BCUT2D eigenvalue weighted by atomic mass is 9.99. The van der Waals surface area contributed by atoms with Crippen molar-refractivity contribution >= 4 is 31.4 Å². The lowest BCUT2D eigenvalue weighted by Gasteiger charge is -2.24. The zero-order valence-electron chi connectivity index (χ0n) is 18.6. The molecule has 0 spiro atoms. The molecule has 0 radical (unpaired) electrons. The van der Waals surface area contributed by atoms with E-state index >= 15 is 0 Å². The van der Waals surface area contributed by atoms with Gasteiger partial charge in [0, 0.05) is 12.1 Å². The summed E-state index contributed by atoms with van der Waals surface area (Å²) < 4.78 is 68.3. The largest absolute Gasteiger partial charge is 0.284 e. The Kier molecular flexibility index (Phi) is 6.46. The molecule has 3 aromatic rings. The molecule has 0 unspecified atom stereocenters. The Bertz CT molecular complexity index is 1450. The van der Waals surface area contributed by atoms with Gasteiger partial charge in [-0.2, -0.15) is 17.9 Å². The molecule has 178 valence electrons. The Balaban J connectivity index is 1.74. The number of nitrogens with zero attached hydrogens (tertiary/aromatic N) is 2. The Morgan fingerprint density at radius 3 is 2.35 bits per heavy atom. The SMILES string of the molecule is CCS(=O)(=O)Nc1ccc(C2=NN(S(=O)(=O)c3ccccc3C)[C@@H](c3cccc(F)c3)C2)cc1. The first-order valence-electron chi connectivity index (χ1n) is 10.6. The van der Waals surface area contributed by atoms with Crippen LogP contribution in [0.15, 0.2) is 82.8 Å². The number of benzene rings is 3. The summed E-state index contributed by atoms with van der Waals surface area (Å²) in [6.07, 6.45) is 0.231. The predicted octanol–water partition coefficient (Wildman–Crippen LogP) is 4.44. The Labute approximate surface area is 199 Å². The van der Waals surface area contributed by atoms with Crippen LogP contribution in [-0.4, -0.2) is 32.7 Å². The van der Waals surface area contributed by atoms with Crippen molar-refractivity contribution in [2.24, 2.45) is 5.10 Å². The third-order valence-electron chi connectivity index (χ3n) is 5.60. The Hall–Kier alpha value is -3.24. The molecule has 1 aliphatic rings. The Morgan fingerprint density at radius 2 is 1.71 bits per heavy atom. The molecule has 1 aliphatic heterocycles. The van der Waals surface area contributed by atoms with Crippen LogP contribution in [0.3, 0.4) is 0 Å². The number of aryl methyl sites for hydroxylation is 1. The fraction of sp³-hybridized carbons (Fsp3) is 0.208. The van der Waals surface area contributed by atoms with Crippen molar-refractivity contribution in [1.29, 1.82) is 0 Å². The van der Waals surface area contributed by atoms with Gasteiger partial charge in [-0.05, 0) is 60.9 Å². The summed E-state index contributed by atoms with van der Waals surface area (Å²) in [5, 5.41) is 4.46. The second kappa shape index (κ2) is 9.19. The van der Waals surface area contributed by atoms with E-state index in [9.17, 15) is 21.2 Å². The smallest absolute Gasteiger partial charge is 0.279 e. The Morgan fingerprint density at radius 1 is 1.00 bits per heavy atom. The molecule has 34 heavy (non-hydrogen) atoms. The first kappa shape index (κ1) is 23.9. The molecule has 10 heteroatoms. The maximum Gasteiger partial charge on any atom is 0.279 e. The minimum Gasteiger partial charge on any atom is -0.284 e. The van der Waals surface area contributed by atoms with Crippen molar-refractivity contribution in [2.45, 2.75) is 31.2 Å². The van der Waals surface area contributed by atoms with Gasteiger partial charge in [-0.15, -0.1) is 0 Å². The topological polar surface area (TPSA) is 95.9 Å². The van der Waals surface area contributed by atoms with Crippen molar-refractivity contribution in [3.05, 3.63) is 95.3 Å². The summed E-state index contributed by atoms with van der Waals surface area (Å²) in [5.41, 5.74) is 2.61. The summed E-state index contributed by atoms with van der Waals surface area (Å²) >= 11 is 0. The van der Waals surface area contributed by atoms with E-state index in [1.165, 1.54) is 24.3 Å². The van der Waals surface area contributed by atoms with Crippen LogP contribution in [-0.2, 0) is 20.0 Å². The number of hydrogen-bond donors (Lipinski definition) is 1.